The minimum absolute atomic E-state index is 0.0719. The zero-order valence-corrected chi connectivity index (χ0v) is 16.5. The molecule has 2 aliphatic rings. The van der Waals surface area contributed by atoms with Crippen LogP contribution < -0.4 is 0 Å². The molecule has 0 bridgehead atoms. The molecule has 1 aromatic carbocycles. The van der Waals surface area contributed by atoms with Crippen molar-refractivity contribution in [2.24, 2.45) is 5.92 Å². The summed E-state index contributed by atoms with van der Waals surface area (Å²) >= 11 is 0. The Morgan fingerprint density at radius 2 is 1.93 bits per heavy atom. The summed E-state index contributed by atoms with van der Waals surface area (Å²) in [4.78, 5) is 34.6. The van der Waals surface area contributed by atoms with Gasteiger partial charge in [-0.1, -0.05) is 30.3 Å². The largest absolute Gasteiger partial charge is 0.335 e. The Bertz CT molecular complexity index is 863. The van der Waals surface area contributed by atoms with Crippen molar-refractivity contribution >= 4 is 11.8 Å². The number of rotatable bonds is 6. The molecule has 1 aliphatic carbocycles. The third kappa shape index (κ3) is 3.53. The van der Waals surface area contributed by atoms with E-state index in [1.54, 1.807) is 6.20 Å². The summed E-state index contributed by atoms with van der Waals surface area (Å²) in [5.41, 5.74) is 3.11. The Kier molecular flexibility index (Phi) is 5.16. The SMILES string of the molecule is CCN1C(=O)C[C@@H](C(=O)N(Cc2ccccn2)C2CC2)[C@@H]1c1ccccc1C. The number of nitrogens with zero attached hydrogens (tertiary/aromatic N) is 3. The predicted octanol–water partition coefficient (Wildman–Crippen LogP) is 3.49. The second-order valence-corrected chi connectivity index (χ2v) is 7.81. The molecule has 2 fully saturated rings. The number of benzene rings is 1. The van der Waals surface area contributed by atoms with E-state index in [1.165, 1.54) is 0 Å². The molecule has 1 aromatic heterocycles. The van der Waals surface area contributed by atoms with Crippen LogP contribution in [0.25, 0.3) is 0 Å². The van der Waals surface area contributed by atoms with E-state index in [4.69, 9.17) is 0 Å². The molecule has 2 atom stereocenters. The lowest BCUT2D eigenvalue weighted by Crippen LogP contribution is -2.40. The average Bonchev–Trinajstić information content (AvgIpc) is 3.49. The van der Waals surface area contributed by atoms with E-state index in [-0.39, 0.29) is 36.2 Å². The van der Waals surface area contributed by atoms with Crippen LogP contribution in [-0.4, -0.2) is 39.2 Å². The van der Waals surface area contributed by atoms with Gasteiger partial charge in [0.2, 0.25) is 11.8 Å². The van der Waals surface area contributed by atoms with Crippen LogP contribution in [0.2, 0.25) is 0 Å². The summed E-state index contributed by atoms with van der Waals surface area (Å²) < 4.78 is 0. The fourth-order valence-electron chi connectivity index (χ4n) is 4.34. The fraction of sp³-hybridized carbons (Fsp3) is 0.435. The lowest BCUT2D eigenvalue weighted by atomic mass is 9.89. The molecule has 2 aromatic rings. The van der Waals surface area contributed by atoms with Crippen molar-refractivity contribution in [2.45, 2.75) is 51.7 Å². The average molecular weight is 377 g/mol. The topological polar surface area (TPSA) is 53.5 Å². The van der Waals surface area contributed by atoms with Crippen LogP contribution in [0.3, 0.4) is 0 Å². The summed E-state index contributed by atoms with van der Waals surface area (Å²) in [6, 6.07) is 14.0. The number of likely N-dealkylation sites (tertiary alicyclic amines) is 1. The molecule has 1 saturated carbocycles. The van der Waals surface area contributed by atoms with E-state index in [9.17, 15) is 9.59 Å². The molecule has 0 N–H and O–H groups in total. The Hall–Kier alpha value is -2.69. The van der Waals surface area contributed by atoms with Crippen molar-refractivity contribution < 1.29 is 9.59 Å². The first kappa shape index (κ1) is 18.7. The standard InChI is InChI=1S/C23H27N3O2/c1-3-25-21(27)14-20(22(25)19-10-5-4-8-16(19)2)23(28)26(18-11-12-18)15-17-9-6-7-13-24-17/h4-10,13,18,20,22H,3,11-12,14-15H2,1-2H3/t20-,22+/m1/s1. The third-order valence-corrected chi connectivity index (χ3v) is 5.93. The van der Waals surface area contributed by atoms with Crippen LogP contribution in [0.15, 0.2) is 48.7 Å². The van der Waals surface area contributed by atoms with Crippen LogP contribution in [0.1, 0.15) is 49.0 Å². The Balaban J connectivity index is 1.65. The minimum atomic E-state index is -0.335. The normalized spacial score (nSPS) is 21.8. The van der Waals surface area contributed by atoms with Gasteiger partial charge in [-0.15, -0.1) is 0 Å². The second-order valence-electron chi connectivity index (χ2n) is 7.81. The van der Waals surface area contributed by atoms with Gasteiger partial charge in [0.15, 0.2) is 0 Å². The van der Waals surface area contributed by atoms with Crippen molar-refractivity contribution in [2.75, 3.05) is 6.54 Å². The van der Waals surface area contributed by atoms with Crippen LogP contribution >= 0.6 is 0 Å². The minimum Gasteiger partial charge on any atom is -0.335 e. The quantitative estimate of drug-likeness (QED) is 0.774. The van der Waals surface area contributed by atoms with Crippen LogP contribution in [0.5, 0.6) is 0 Å². The van der Waals surface area contributed by atoms with Crippen LogP contribution in [0, 0.1) is 12.8 Å². The van der Waals surface area contributed by atoms with Gasteiger partial charge >= 0.3 is 0 Å². The molecule has 146 valence electrons. The number of amides is 2. The number of carbonyl (C=O) groups is 2. The van der Waals surface area contributed by atoms with Crippen molar-refractivity contribution in [1.82, 2.24) is 14.8 Å². The van der Waals surface area contributed by atoms with Gasteiger partial charge in [-0.25, -0.2) is 0 Å². The first-order chi connectivity index (χ1) is 13.6. The summed E-state index contributed by atoms with van der Waals surface area (Å²) in [7, 11) is 0. The van der Waals surface area contributed by atoms with E-state index < -0.39 is 0 Å². The highest BCUT2D eigenvalue weighted by Gasteiger charge is 2.47. The molecule has 5 nitrogen and oxygen atoms in total. The fourth-order valence-corrected chi connectivity index (χ4v) is 4.34. The first-order valence-electron chi connectivity index (χ1n) is 10.2. The number of aromatic nitrogens is 1. The predicted molar refractivity (Wildman–Crippen MR) is 107 cm³/mol. The van der Waals surface area contributed by atoms with Gasteiger partial charge in [0, 0.05) is 25.2 Å². The Labute approximate surface area is 166 Å². The first-order valence-corrected chi connectivity index (χ1v) is 10.2. The summed E-state index contributed by atoms with van der Waals surface area (Å²) in [6.45, 7) is 5.18. The van der Waals surface area contributed by atoms with Gasteiger partial charge in [0.25, 0.3) is 0 Å². The summed E-state index contributed by atoms with van der Waals surface area (Å²) in [5, 5.41) is 0. The Morgan fingerprint density at radius 3 is 2.57 bits per heavy atom. The van der Waals surface area contributed by atoms with E-state index in [0.29, 0.717) is 13.1 Å². The maximum absolute atomic E-state index is 13.7. The lowest BCUT2D eigenvalue weighted by molar-refractivity contribution is -0.138. The van der Waals surface area contributed by atoms with E-state index >= 15 is 0 Å². The van der Waals surface area contributed by atoms with Gasteiger partial charge < -0.3 is 9.80 Å². The third-order valence-electron chi connectivity index (χ3n) is 5.93. The van der Waals surface area contributed by atoms with Gasteiger partial charge in [-0.05, 0) is 49.9 Å². The van der Waals surface area contributed by atoms with Crippen LogP contribution in [0.4, 0.5) is 0 Å². The highest BCUT2D eigenvalue weighted by atomic mass is 16.2. The molecule has 2 amide bonds. The molecule has 28 heavy (non-hydrogen) atoms. The van der Waals surface area contributed by atoms with Crippen molar-refractivity contribution in [3.05, 3.63) is 65.5 Å². The van der Waals surface area contributed by atoms with Crippen molar-refractivity contribution in [3.63, 3.8) is 0 Å². The molecule has 0 spiro atoms. The highest BCUT2D eigenvalue weighted by Crippen LogP contribution is 2.42. The molecule has 5 heteroatoms. The van der Waals surface area contributed by atoms with Gasteiger partial charge in [-0.2, -0.15) is 0 Å². The second kappa shape index (κ2) is 7.74. The van der Waals surface area contributed by atoms with E-state index in [1.807, 2.05) is 47.1 Å². The van der Waals surface area contributed by atoms with E-state index in [2.05, 4.69) is 24.0 Å². The monoisotopic (exact) mass is 377 g/mol. The van der Waals surface area contributed by atoms with Gasteiger partial charge in [0.05, 0.1) is 24.2 Å². The molecule has 2 heterocycles. The molecule has 1 aliphatic heterocycles. The van der Waals surface area contributed by atoms with Crippen LogP contribution in [-0.2, 0) is 16.1 Å². The highest BCUT2D eigenvalue weighted by molar-refractivity contribution is 5.90. The maximum Gasteiger partial charge on any atom is 0.229 e. The number of hydrogen-bond donors (Lipinski definition) is 0. The molecule has 0 unspecified atom stereocenters. The Morgan fingerprint density at radius 1 is 1.18 bits per heavy atom. The zero-order chi connectivity index (χ0) is 19.7. The molecular weight excluding hydrogens is 350 g/mol. The molecule has 0 radical (unpaired) electrons. The summed E-state index contributed by atoms with van der Waals surface area (Å²) in [5.74, 6) is -0.175. The number of pyridine rings is 1. The number of hydrogen-bond acceptors (Lipinski definition) is 3. The van der Waals surface area contributed by atoms with Gasteiger partial charge in [-0.3, -0.25) is 14.6 Å². The summed E-state index contributed by atoms with van der Waals surface area (Å²) in [6.07, 6.45) is 4.12. The molecule has 1 saturated heterocycles. The maximum atomic E-state index is 13.7. The number of carbonyl (C=O) groups excluding carboxylic acids is 2. The van der Waals surface area contributed by atoms with Crippen molar-refractivity contribution in [3.8, 4) is 0 Å². The number of aryl methyl sites for hydroxylation is 1. The zero-order valence-electron chi connectivity index (χ0n) is 16.5. The molecular formula is C23H27N3O2. The van der Waals surface area contributed by atoms with Gasteiger partial charge in [0.1, 0.15) is 0 Å². The molecule has 4 rings (SSSR count). The smallest absolute Gasteiger partial charge is 0.229 e. The van der Waals surface area contributed by atoms with E-state index in [0.717, 1.165) is 29.7 Å². The van der Waals surface area contributed by atoms with Crippen molar-refractivity contribution in [1.29, 1.82) is 0 Å². The lowest BCUT2D eigenvalue weighted by Gasteiger charge is -2.32.